The minimum atomic E-state index is 0.0778. The molecule has 0 bridgehead atoms. The normalized spacial score (nSPS) is 13.8. The lowest BCUT2D eigenvalue weighted by atomic mass is 9.77. The fourth-order valence-electron chi connectivity index (χ4n) is 1.66. The Kier molecular flexibility index (Phi) is 5.82. The summed E-state index contributed by atoms with van der Waals surface area (Å²) >= 11 is 0. The molecule has 0 saturated heterocycles. The first-order chi connectivity index (χ1) is 6.43. The Morgan fingerprint density at radius 3 is 2.21 bits per heavy atom. The van der Waals surface area contributed by atoms with Crippen LogP contribution in [0.1, 0.15) is 53.9 Å². The maximum Gasteiger partial charge on any atom is 0.223 e. The van der Waals surface area contributed by atoms with Gasteiger partial charge in [-0.1, -0.05) is 40.5 Å². The minimum absolute atomic E-state index is 0.0778. The summed E-state index contributed by atoms with van der Waals surface area (Å²) in [7, 11) is 0. The van der Waals surface area contributed by atoms with Crippen LogP contribution in [0.25, 0.3) is 0 Å². The number of carbonyl (C=O) groups is 1. The zero-order valence-electron chi connectivity index (χ0n) is 10.3. The van der Waals surface area contributed by atoms with Crippen molar-refractivity contribution in [3.63, 3.8) is 0 Å². The van der Waals surface area contributed by atoms with Crippen LogP contribution < -0.4 is 5.32 Å². The van der Waals surface area contributed by atoms with Crippen molar-refractivity contribution in [1.82, 2.24) is 5.32 Å². The summed E-state index contributed by atoms with van der Waals surface area (Å²) in [5, 5.41) is 2.92. The van der Waals surface area contributed by atoms with Gasteiger partial charge >= 0.3 is 0 Å². The number of unbranched alkanes of at least 4 members (excludes halogenated alkanes) is 1. The van der Waals surface area contributed by atoms with Gasteiger partial charge in [-0.3, -0.25) is 4.79 Å². The summed E-state index contributed by atoms with van der Waals surface area (Å²) < 4.78 is 0. The summed E-state index contributed by atoms with van der Waals surface area (Å²) in [4.78, 5) is 11.8. The Morgan fingerprint density at radius 1 is 1.29 bits per heavy atom. The van der Waals surface area contributed by atoms with Gasteiger partial charge in [0.1, 0.15) is 0 Å². The molecule has 0 aliphatic rings. The van der Waals surface area contributed by atoms with Crippen LogP contribution in [0.2, 0.25) is 0 Å². The Bertz CT molecular complexity index is 170. The van der Waals surface area contributed by atoms with Crippen LogP contribution in [0, 0.1) is 11.3 Å². The van der Waals surface area contributed by atoms with E-state index in [-0.39, 0.29) is 17.2 Å². The first-order valence-electron chi connectivity index (χ1n) is 5.71. The van der Waals surface area contributed by atoms with Crippen molar-refractivity contribution >= 4 is 5.91 Å². The molecule has 0 radical (unpaired) electrons. The average Bonchev–Trinajstić information content (AvgIpc) is 2.03. The van der Waals surface area contributed by atoms with Crippen molar-refractivity contribution in [2.45, 2.75) is 53.9 Å². The first kappa shape index (κ1) is 13.5. The molecule has 84 valence electrons. The van der Waals surface area contributed by atoms with Crippen LogP contribution in [0.15, 0.2) is 0 Å². The Hall–Kier alpha value is -0.530. The molecule has 1 amide bonds. The van der Waals surface area contributed by atoms with E-state index in [0.717, 1.165) is 25.8 Å². The smallest absolute Gasteiger partial charge is 0.223 e. The van der Waals surface area contributed by atoms with Crippen LogP contribution in [0.5, 0.6) is 0 Å². The topological polar surface area (TPSA) is 29.1 Å². The van der Waals surface area contributed by atoms with Crippen molar-refractivity contribution in [1.29, 1.82) is 0 Å². The van der Waals surface area contributed by atoms with Crippen molar-refractivity contribution < 1.29 is 4.79 Å². The van der Waals surface area contributed by atoms with Gasteiger partial charge in [0.15, 0.2) is 0 Å². The Labute approximate surface area is 88.5 Å². The molecule has 1 atom stereocenters. The van der Waals surface area contributed by atoms with Crippen LogP contribution in [-0.2, 0) is 4.79 Å². The summed E-state index contributed by atoms with van der Waals surface area (Å²) in [5.41, 5.74) is 0.0778. The highest BCUT2D eigenvalue weighted by molar-refractivity contribution is 5.79. The van der Waals surface area contributed by atoms with Crippen molar-refractivity contribution in [3.05, 3.63) is 0 Å². The monoisotopic (exact) mass is 199 g/mol. The van der Waals surface area contributed by atoms with E-state index in [0.29, 0.717) is 0 Å². The van der Waals surface area contributed by atoms with E-state index in [1.54, 1.807) is 0 Å². The van der Waals surface area contributed by atoms with Crippen LogP contribution in [-0.4, -0.2) is 12.5 Å². The molecule has 0 aromatic heterocycles. The summed E-state index contributed by atoms with van der Waals surface area (Å²) in [5.74, 6) is 0.371. The van der Waals surface area contributed by atoms with Gasteiger partial charge in [0.05, 0.1) is 0 Å². The molecule has 0 aromatic rings. The maximum atomic E-state index is 11.8. The zero-order valence-corrected chi connectivity index (χ0v) is 10.3. The number of nitrogens with one attached hydrogen (secondary N) is 1. The van der Waals surface area contributed by atoms with E-state index in [4.69, 9.17) is 0 Å². The lowest BCUT2D eigenvalue weighted by molar-refractivity contribution is -0.128. The zero-order chi connectivity index (χ0) is 11.2. The summed E-state index contributed by atoms with van der Waals surface area (Å²) in [6, 6.07) is 0. The third-order valence-electron chi connectivity index (χ3n) is 2.56. The first-order valence-corrected chi connectivity index (χ1v) is 5.71. The molecule has 0 aromatic carbocycles. The van der Waals surface area contributed by atoms with Gasteiger partial charge in [-0.15, -0.1) is 0 Å². The molecule has 0 heterocycles. The van der Waals surface area contributed by atoms with Crippen LogP contribution in [0.3, 0.4) is 0 Å². The van der Waals surface area contributed by atoms with E-state index in [1.165, 1.54) is 0 Å². The van der Waals surface area contributed by atoms with E-state index in [2.05, 4.69) is 33.0 Å². The third kappa shape index (κ3) is 4.64. The highest BCUT2D eigenvalue weighted by Gasteiger charge is 2.29. The lowest BCUT2D eigenvalue weighted by Gasteiger charge is -2.29. The van der Waals surface area contributed by atoms with Crippen molar-refractivity contribution in [2.24, 2.45) is 11.3 Å². The standard InChI is InChI=1S/C12H25NO/c1-6-8-9-10(12(3,4)5)11(14)13-7-2/h10H,6-9H2,1-5H3,(H,13,14). The molecule has 0 aliphatic heterocycles. The molecule has 0 rings (SSSR count). The van der Waals surface area contributed by atoms with Gasteiger partial charge in [-0.2, -0.15) is 0 Å². The van der Waals surface area contributed by atoms with Crippen LogP contribution in [0.4, 0.5) is 0 Å². The molecular formula is C12H25NO. The number of amides is 1. The van der Waals surface area contributed by atoms with E-state index >= 15 is 0 Å². The van der Waals surface area contributed by atoms with Crippen molar-refractivity contribution in [3.8, 4) is 0 Å². The van der Waals surface area contributed by atoms with Gasteiger partial charge in [0, 0.05) is 12.5 Å². The molecule has 1 unspecified atom stereocenters. The number of carbonyl (C=O) groups excluding carboxylic acids is 1. The highest BCUT2D eigenvalue weighted by atomic mass is 16.1. The molecular weight excluding hydrogens is 174 g/mol. The molecule has 2 heteroatoms. The van der Waals surface area contributed by atoms with E-state index < -0.39 is 0 Å². The fraction of sp³-hybridized carbons (Fsp3) is 0.917. The van der Waals surface area contributed by atoms with Gasteiger partial charge in [-0.25, -0.2) is 0 Å². The minimum Gasteiger partial charge on any atom is -0.356 e. The molecule has 0 spiro atoms. The molecule has 0 saturated carbocycles. The van der Waals surface area contributed by atoms with E-state index in [9.17, 15) is 4.79 Å². The Morgan fingerprint density at radius 2 is 1.86 bits per heavy atom. The van der Waals surface area contributed by atoms with E-state index in [1.807, 2.05) is 6.92 Å². The van der Waals surface area contributed by atoms with Gasteiger partial charge in [0.2, 0.25) is 5.91 Å². The second-order valence-corrected chi connectivity index (χ2v) is 4.96. The summed E-state index contributed by atoms with van der Waals surface area (Å²) in [6.07, 6.45) is 3.30. The quantitative estimate of drug-likeness (QED) is 0.724. The molecule has 0 fully saturated rings. The Balaban J connectivity index is 4.31. The predicted octanol–water partition coefficient (Wildman–Crippen LogP) is 2.98. The fourth-order valence-corrected chi connectivity index (χ4v) is 1.66. The average molecular weight is 199 g/mol. The SMILES string of the molecule is CCCCC(C(=O)NCC)C(C)(C)C. The number of hydrogen-bond acceptors (Lipinski definition) is 1. The largest absolute Gasteiger partial charge is 0.356 e. The molecule has 14 heavy (non-hydrogen) atoms. The second-order valence-electron chi connectivity index (χ2n) is 4.96. The summed E-state index contributed by atoms with van der Waals surface area (Å²) in [6.45, 7) is 11.3. The maximum absolute atomic E-state index is 11.8. The van der Waals surface area contributed by atoms with Gasteiger partial charge in [-0.05, 0) is 18.8 Å². The van der Waals surface area contributed by atoms with Crippen LogP contribution >= 0.6 is 0 Å². The predicted molar refractivity (Wildman–Crippen MR) is 61.2 cm³/mol. The number of hydrogen-bond donors (Lipinski definition) is 1. The molecule has 1 N–H and O–H groups in total. The lowest BCUT2D eigenvalue weighted by Crippen LogP contribution is -2.37. The molecule has 2 nitrogen and oxygen atoms in total. The number of rotatable bonds is 5. The third-order valence-corrected chi connectivity index (χ3v) is 2.56. The van der Waals surface area contributed by atoms with Gasteiger partial charge in [0.25, 0.3) is 0 Å². The highest BCUT2D eigenvalue weighted by Crippen LogP contribution is 2.30. The van der Waals surface area contributed by atoms with Crippen molar-refractivity contribution in [2.75, 3.05) is 6.54 Å². The van der Waals surface area contributed by atoms with Gasteiger partial charge < -0.3 is 5.32 Å². The second kappa shape index (κ2) is 6.05. The molecule has 0 aliphatic carbocycles.